The van der Waals surface area contributed by atoms with Crippen molar-refractivity contribution < 1.29 is 0 Å². The van der Waals surface area contributed by atoms with Crippen LogP contribution in [0.5, 0.6) is 0 Å². The van der Waals surface area contributed by atoms with Gasteiger partial charge in [0.05, 0.1) is 5.69 Å². The van der Waals surface area contributed by atoms with Gasteiger partial charge in [0.1, 0.15) is 5.82 Å². The summed E-state index contributed by atoms with van der Waals surface area (Å²) in [6.07, 6.45) is 3.49. The second-order valence-electron chi connectivity index (χ2n) is 4.28. The Bertz CT molecular complexity index is 338. The van der Waals surface area contributed by atoms with Crippen LogP contribution in [-0.4, -0.2) is 17.4 Å². The molecule has 0 fully saturated rings. The summed E-state index contributed by atoms with van der Waals surface area (Å²) >= 11 is 9.26. The van der Waals surface area contributed by atoms with Gasteiger partial charge >= 0.3 is 0 Å². The van der Waals surface area contributed by atoms with E-state index in [4.69, 9.17) is 11.6 Å². The van der Waals surface area contributed by atoms with Crippen LogP contribution in [0.4, 0.5) is 5.82 Å². The first-order chi connectivity index (χ1) is 8.17. The van der Waals surface area contributed by atoms with Gasteiger partial charge in [-0.05, 0) is 53.7 Å². The summed E-state index contributed by atoms with van der Waals surface area (Å²) in [5.41, 5.74) is 1.01. The van der Waals surface area contributed by atoms with Gasteiger partial charge in [0.2, 0.25) is 0 Å². The van der Waals surface area contributed by atoms with E-state index in [9.17, 15) is 0 Å². The molecule has 1 unspecified atom stereocenters. The molecule has 0 spiro atoms. The van der Waals surface area contributed by atoms with E-state index in [1.165, 1.54) is 12.8 Å². The Morgan fingerprint density at radius 3 is 2.76 bits per heavy atom. The molecule has 0 saturated carbocycles. The second-order valence-corrected chi connectivity index (χ2v) is 5.51. The number of anilines is 1. The summed E-state index contributed by atoms with van der Waals surface area (Å²) in [5.74, 6) is 2.32. The molecule has 0 amide bonds. The average Bonchev–Trinajstić information content (AvgIpc) is 2.31. The SMILES string of the molecule is CCCC(CCCl)CNc1ccc(Br)c(C)n1. The van der Waals surface area contributed by atoms with Gasteiger partial charge in [-0.3, -0.25) is 0 Å². The molecule has 0 radical (unpaired) electrons. The summed E-state index contributed by atoms with van der Waals surface area (Å²) in [6.45, 7) is 5.16. The Labute approximate surface area is 117 Å². The molecule has 0 bridgehead atoms. The molecule has 1 N–H and O–H groups in total. The van der Waals surface area contributed by atoms with Crippen molar-refractivity contribution in [1.82, 2.24) is 4.98 Å². The highest BCUT2D eigenvalue weighted by Crippen LogP contribution is 2.18. The largest absolute Gasteiger partial charge is 0.370 e. The van der Waals surface area contributed by atoms with Gasteiger partial charge in [-0.15, -0.1) is 11.6 Å². The highest BCUT2D eigenvalue weighted by atomic mass is 79.9. The monoisotopic (exact) mass is 318 g/mol. The number of alkyl halides is 1. The first-order valence-corrected chi connectivity index (χ1v) is 7.43. The van der Waals surface area contributed by atoms with Crippen LogP contribution in [0.15, 0.2) is 16.6 Å². The first kappa shape index (κ1) is 14.8. The van der Waals surface area contributed by atoms with Crippen LogP contribution in [0.25, 0.3) is 0 Å². The number of hydrogen-bond donors (Lipinski definition) is 1. The Kier molecular flexibility index (Phi) is 6.90. The fourth-order valence-corrected chi connectivity index (χ4v) is 2.33. The predicted molar refractivity (Wildman–Crippen MR) is 78.9 cm³/mol. The van der Waals surface area contributed by atoms with Crippen LogP contribution >= 0.6 is 27.5 Å². The van der Waals surface area contributed by atoms with E-state index in [0.29, 0.717) is 5.92 Å². The molecule has 0 aliphatic carbocycles. The fraction of sp³-hybridized carbons (Fsp3) is 0.615. The zero-order valence-corrected chi connectivity index (χ0v) is 12.8. The molecule has 96 valence electrons. The molecule has 1 aromatic heterocycles. The number of aryl methyl sites for hydroxylation is 1. The van der Waals surface area contributed by atoms with Crippen molar-refractivity contribution in [3.63, 3.8) is 0 Å². The quantitative estimate of drug-likeness (QED) is 0.742. The van der Waals surface area contributed by atoms with Crippen molar-refractivity contribution in [3.8, 4) is 0 Å². The summed E-state index contributed by atoms with van der Waals surface area (Å²) < 4.78 is 1.05. The van der Waals surface area contributed by atoms with Crippen LogP contribution < -0.4 is 5.32 Å². The summed E-state index contributed by atoms with van der Waals surface area (Å²) in [7, 11) is 0. The average molecular weight is 320 g/mol. The van der Waals surface area contributed by atoms with Crippen LogP contribution in [0.3, 0.4) is 0 Å². The number of halogens is 2. The smallest absolute Gasteiger partial charge is 0.126 e. The van der Waals surface area contributed by atoms with Gasteiger partial charge in [0, 0.05) is 16.9 Å². The molecule has 0 aromatic carbocycles. The molecular weight excluding hydrogens is 300 g/mol. The minimum atomic E-state index is 0.642. The normalized spacial score (nSPS) is 12.5. The van der Waals surface area contributed by atoms with Crippen molar-refractivity contribution >= 4 is 33.3 Å². The van der Waals surface area contributed by atoms with Crippen molar-refractivity contribution in [3.05, 3.63) is 22.3 Å². The summed E-state index contributed by atoms with van der Waals surface area (Å²) in [6, 6.07) is 4.03. The third-order valence-corrected chi connectivity index (χ3v) is 3.86. The third-order valence-electron chi connectivity index (χ3n) is 2.81. The van der Waals surface area contributed by atoms with E-state index in [1.807, 2.05) is 19.1 Å². The molecule has 17 heavy (non-hydrogen) atoms. The van der Waals surface area contributed by atoms with Gasteiger partial charge in [-0.25, -0.2) is 4.98 Å². The molecule has 0 saturated heterocycles. The number of pyridine rings is 1. The van der Waals surface area contributed by atoms with Crippen LogP contribution in [0.2, 0.25) is 0 Å². The number of nitrogens with zero attached hydrogens (tertiary/aromatic N) is 1. The minimum Gasteiger partial charge on any atom is -0.370 e. The number of hydrogen-bond acceptors (Lipinski definition) is 2. The zero-order valence-electron chi connectivity index (χ0n) is 10.5. The molecule has 1 heterocycles. The van der Waals surface area contributed by atoms with Crippen molar-refractivity contribution in [2.75, 3.05) is 17.7 Å². The van der Waals surface area contributed by atoms with E-state index < -0.39 is 0 Å². The predicted octanol–water partition coefficient (Wildman–Crippen LogP) is 4.61. The highest BCUT2D eigenvalue weighted by Gasteiger charge is 2.07. The lowest BCUT2D eigenvalue weighted by Gasteiger charge is -2.16. The Morgan fingerprint density at radius 1 is 1.41 bits per heavy atom. The molecule has 1 atom stereocenters. The maximum atomic E-state index is 5.81. The second kappa shape index (κ2) is 7.93. The van der Waals surface area contributed by atoms with Gasteiger partial charge in [0.15, 0.2) is 0 Å². The lowest BCUT2D eigenvalue weighted by molar-refractivity contribution is 0.489. The molecular formula is C13H20BrClN2. The van der Waals surface area contributed by atoms with E-state index in [1.54, 1.807) is 0 Å². The van der Waals surface area contributed by atoms with Crippen LogP contribution in [0, 0.1) is 12.8 Å². The van der Waals surface area contributed by atoms with E-state index in [2.05, 4.69) is 33.2 Å². The molecule has 2 nitrogen and oxygen atoms in total. The summed E-state index contributed by atoms with van der Waals surface area (Å²) in [5, 5.41) is 3.39. The van der Waals surface area contributed by atoms with E-state index >= 15 is 0 Å². The Morgan fingerprint density at radius 2 is 2.18 bits per heavy atom. The maximum Gasteiger partial charge on any atom is 0.126 e. The summed E-state index contributed by atoms with van der Waals surface area (Å²) in [4.78, 5) is 4.47. The highest BCUT2D eigenvalue weighted by molar-refractivity contribution is 9.10. The maximum absolute atomic E-state index is 5.81. The van der Waals surface area contributed by atoms with Gasteiger partial charge < -0.3 is 5.32 Å². The van der Waals surface area contributed by atoms with E-state index in [-0.39, 0.29) is 0 Å². The lowest BCUT2D eigenvalue weighted by atomic mass is 10.0. The first-order valence-electron chi connectivity index (χ1n) is 6.10. The molecule has 1 aromatic rings. The number of aromatic nitrogens is 1. The molecule has 0 aliphatic rings. The van der Waals surface area contributed by atoms with Crippen molar-refractivity contribution in [1.29, 1.82) is 0 Å². The molecule has 1 rings (SSSR count). The standard InChI is InChI=1S/C13H20BrClN2/c1-3-4-11(7-8-15)9-16-13-6-5-12(14)10(2)17-13/h5-6,11H,3-4,7-9H2,1-2H3,(H,16,17). The Hall–Kier alpha value is -0.280. The van der Waals surface area contributed by atoms with Gasteiger partial charge in [0.25, 0.3) is 0 Å². The van der Waals surface area contributed by atoms with Crippen LogP contribution in [-0.2, 0) is 0 Å². The van der Waals surface area contributed by atoms with Crippen molar-refractivity contribution in [2.24, 2.45) is 5.92 Å². The number of nitrogens with one attached hydrogen (secondary N) is 1. The number of rotatable bonds is 7. The van der Waals surface area contributed by atoms with Gasteiger partial charge in [-0.1, -0.05) is 13.3 Å². The Balaban J connectivity index is 2.49. The zero-order chi connectivity index (χ0) is 12.7. The minimum absolute atomic E-state index is 0.642. The van der Waals surface area contributed by atoms with E-state index in [0.717, 1.165) is 34.8 Å². The third kappa shape index (κ3) is 5.26. The molecule has 4 heteroatoms. The van der Waals surface area contributed by atoms with Crippen molar-refractivity contribution in [2.45, 2.75) is 33.1 Å². The van der Waals surface area contributed by atoms with Crippen LogP contribution in [0.1, 0.15) is 31.9 Å². The fourth-order valence-electron chi connectivity index (χ4n) is 1.80. The lowest BCUT2D eigenvalue weighted by Crippen LogP contribution is -2.15. The topological polar surface area (TPSA) is 24.9 Å². The van der Waals surface area contributed by atoms with Gasteiger partial charge in [-0.2, -0.15) is 0 Å². The molecule has 0 aliphatic heterocycles.